The Morgan fingerprint density at radius 2 is 2.24 bits per heavy atom. The number of nitrogens with zero attached hydrogens (tertiary/aromatic N) is 2. The number of aromatic nitrogens is 2. The fourth-order valence-electron chi connectivity index (χ4n) is 2.23. The largest absolute Gasteiger partial charge is 0.322 e. The van der Waals surface area contributed by atoms with Crippen molar-refractivity contribution < 1.29 is 4.79 Å². The summed E-state index contributed by atoms with van der Waals surface area (Å²) in [5.74, 6) is 0.0849. The second kappa shape index (κ2) is 4.14. The molecule has 0 aromatic carbocycles. The van der Waals surface area contributed by atoms with Crippen LogP contribution in [-0.2, 0) is 11.8 Å². The number of carbonyl (C=O) groups is 1. The summed E-state index contributed by atoms with van der Waals surface area (Å²) in [4.78, 5) is 12.3. The van der Waals surface area contributed by atoms with Gasteiger partial charge in [-0.05, 0) is 33.7 Å². The topological polar surface area (TPSA) is 59.0 Å². The maximum Gasteiger partial charge on any atom is 0.231 e. The van der Waals surface area contributed by atoms with Gasteiger partial charge in [-0.15, -0.1) is 0 Å². The summed E-state index contributed by atoms with van der Waals surface area (Å²) in [6.07, 6.45) is 0.886. The Hall–Kier alpha value is -1.36. The molecule has 17 heavy (non-hydrogen) atoms. The molecule has 1 amide bonds. The van der Waals surface area contributed by atoms with Crippen LogP contribution in [0.2, 0.25) is 0 Å². The second-order valence-corrected chi connectivity index (χ2v) is 5.11. The molecule has 0 saturated carbocycles. The van der Waals surface area contributed by atoms with Crippen LogP contribution >= 0.6 is 0 Å². The maximum absolute atomic E-state index is 12.3. The standard InChI is InChI=1S/C12H20N4O/c1-8-10(9(2)16(4)15-8)14-11(17)12(3)5-6-13-7-12/h13H,5-7H2,1-4H3,(H,14,17). The highest BCUT2D eigenvalue weighted by atomic mass is 16.2. The van der Waals surface area contributed by atoms with Gasteiger partial charge in [0.15, 0.2) is 0 Å². The molecule has 5 heteroatoms. The number of anilines is 1. The van der Waals surface area contributed by atoms with Crippen LogP contribution in [0.15, 0.2) is 0 Å². The zero-order chi connectivity index (χ0) is 12.6. The number of aryl methyl sites for hydroxylation is 2. The minimum absolute atomic E-state index is 0.0849. The van der Waals surface area contributed by atoms with E-state index < -0.39 is 0 Å². The van der Waals surface area contributed by atoms with E-state index in [1.54, 1.807) is 4.68 Å². The van der Waals surface area contributed by atoms with Gasteiger partial charge in [0.2, 0.25) is 5.91 Å². The predicted molar refractivity (Wildman–Crippen MR) is 66.9 cm³/mol. The van der Waals surface area contributed by atoms with E-state index in [0.29, 0.717) is 0 Å². The first kappa shape index (κ1) is 12.1. The Labute approximate surface area is 102 Å². The summed E-state index contributed by atoms with van der Waals surface area (Å²) in [5, 5.41) is 10.6. The third kappa shape index (κ3) is 2.07. The van der Waals surface area contributed by atoms with Crippen LogP contribution in [-0.4, -0.2) is 28.8 Å². The molecule has 1 fully saturated rings. The van der Waals surface area contributed by atoms with Crippen molar-refractivity contribution in [3.63, 3.8) is 0 Å². The van der Waals surface area contributed by atoms with Crippen molar-refractivity contribution in [3.05, 3.63) is 11.4 Å². The first-order valence-electron chi connectivity index (χ1n) is 5.96. The van der Waals surface area contributed by atoms with E-state index >= 15 is 0 Å². The fraction of sp³-hybridized carbons (Fsp3) is 0.667. The molecule has 1 atom stereocenters. The molecule has 1 saturated heterocycles. The van der Waals surface area contributed by atoms with Gasteiger partial charge < -0.3 is 10.6 Å². The number of rotatable bonds is 2. The van der Waals surface area contributed by atoms with Crippen molar-refractivity contribution in [2.75, 3.05) is 18.4 Å². The van der Waals surface area contributed by atoms with Gasteiger partial charge in [-0.25, -0.2) is 0 Å². The molecule has 0 spiro atoms. The van der Waals surface area contributed by atoms with E-state index in [-0.39, 0.29) is 11.3 Å². The first-order valence-corrected chi connectivity index (χ1v) is 5.96. The SMILES string of the molecule is Cc1nn(C)c(C)c1NC(=O)C1(C)CCNC1. The zero-order valence-electron chi connectivity index (χ0n) is 10.9. The van der Waals surface area contributed by atoms with Crippen LogP contribution < -0.4 is 10.6 Å². The summed E-state index contributed by atoms with van der Waals surface area (Å²) >= 11 is 0. The molecule has 1 unspecified atom stereocenters. The van der Waals surface area contributed by atoms with E-state index in [4.69, 9.17) is 0 Å². The Bertz CT molecular complexity index is 444. The number of hydrogen-bond donors (Lipinski definition) is 2. The normalized spacial score (nSPS) is 24.0. The molecule has 2 heterocycles. The Balaban J connectivity index is 2.18. The summed E-state index contributed by atoms with van der Waals surface area (Å²) in [6.45, 7) is 7.54. The van der Waals surface area contributed by atoms with E-state index in [2.05, 4.69) is 15.7 Å². The van der Waals surface area contributed by atoms with Crippen molar-refractivity contribution in [2.24, 2.45) is 12.5 Å². The highest BCUT2D eigenvalue weighted by Gasteiger charge is 2.36. The highest BCUT2D eigenvalue weighted by Crippen LogP contribution is 2.28. The van der Waals surface area contributed by atoms with Gasteiger partial charge >= 0.3 is 0 Å². The van der Waals surface area contributed by atoms with Gasteiger partial charge in [0.05, 0.1) is 22.5 Å². The zero-order valence-corrected chi connectivity index (χ0v) is 10.9. The molecule has 1 aliphatic rings. The molecule has 1 aromatic rings. The Morgan fingerprint density at radius 1 is 1.53 bits per heavy atom. The molecule has 1 aromatic heterocycles. The van der Waals surface area contributed by atoms with E-state index in [1.165, 1.54) is 0 Å². The van der Waals surface area contributed by atoms with Gasteiger partial charge in [-0.1, -0.05) is 0 Å². The van der Waals surface area contributed by atoms with Gasteiger partial charge in [0.1, 0.15) is 0 Å². The first-order chi connectivity index (χ1) is 7.94. The summed E-state index contributed by atoms with van der Waals surface area (Å²) < 4.78 is 1.79. The van der Waals surface area contributed by atoms with Crippen LogP contribution in [0.4, 0.5) is 5.69 Å². The van der Waals surface area contributed by atoms with Crippen LogP contribution in [0.25, 0.3) is 0 Å². The predicted octanol–water partition coefficient (Wildman–Crippen LogP) is 0.975. The van der Waals surface area contributed by atoms with E-state index in [1.807, 2.05) is 27.8 Å². The van der Waals surface area contributed by atoms with Crippen LogP contribution in [0, 0.1) is 19.3 Å². The molecule has 2 N–H and O–H groups in total. The molecule has 1 aliphatic heterocycles. The minimum atomic E-state index is -0.297. The van der Waals surface area contributed by atoms with Crippen LogP contribution in [0.1, 0.15) is 24.7 Å². The number of nitrogens with one attached hydrogen (secondary N) is 2. The van der Waals surface area contributed by atoms with Crippen LogP contribution in [0.5, 0.6) is 0 Å². The number of hydrogen-bond acceptors (Lipinski definition) is 3. The van der Waals surface area contributed by atoms with Crippen LogP contribution in [0.3, 0.4) is 0 Å². The highest BCUT2D eigenvalue weighted by molar-refractivity contribution is 5.96. The second-order valence-electron chi connectivity index (χ2n) is 5.11. The van der Waals surface area contributed by atoms with Crippen molar-refractivity contribution in [3.8, 4) is 0 Å². The molecule has 0 bridgehead atoms. The third-order valence-corrected chi connectivity index (χ3v) is 3.66. The molecule has 0 radical (unpaired) electrons. The molecular formula is C12H20N4O. The van der Waals surface area contributed by atoms with Gasteiger partial charge in [-0.3, -0.25) is 9.48 Å². The average Bonchev–Trinajstić information content (AvgIpc) is 2.80. The minimum Gasteiger partial charge on any atom is -0.322 e. The monoisotopic (exact) mass is 236 g/mol. The number of carbonyl (C=O) groups excluding carboxylic acids is 1. The lowest BCUT2D eigenvalue weighted by Gasteiger charge is -2.21. The molecule has 0 aliphatic carbocycles. The smallest absolute Gasteiger partial charge is 0.231 e. The maximum atomic E-state index is 12.3. The summed E-state index contributed by atoms with van der Waals surface area (Å²) in [7, 11) is 1.89. The molecule has 94 valence electrons. The van der Waals surface area contributed by atoms with Crippen molar-refractivity contribution in [2.45, 2.75) is 27.2 Å². The van der Waals surface area contributed by atoms with E-state index in [0.717, 1.165) is 36.6 Å². The summed E-state index contributed by atoms with van der Waals surface area (Å²) in [6, 6.07) is 0. The quantitative estimate of drug-likeness (QED) is 0.804. The average molecular weight is 236 g/mol. The van der Waals surface area contributed by atoms with Gasteiger partial charge in [0, 0.05) is 13.6 Å². The molecule has 2 rings (SSSR count). The fourth-order valence-corrected chi connectivity index (χ4v) is 2.23. The Kier molecular flexibility index (Phi) is 2.95. The van der Waals surface area contributed by atoms with Crippen molar-refractivity contribution in [1.29, 1.82) is 0 Å². The lowest BCUT2D eigenvalue weighted by Crippen LogP contribution is -2.35. The third-order valence-electron chi connectivity index (χ3n) is 3.66. The van der Waals surface area contributed by atoms with Gasteiger partial charge in [-0.2, -0.15) is 5.10 Å². The number of amides is 1. The van der Waals surface area contributed by atoms with Crippen molar-refractivity contribution >= 4 is 11.6 Å². The molecule has 5 nitrogen and oxygen atoms in total. The van der Waals surface area contributed by atoms with E-state index in [9.17, 15) is 4.79 Å². The van der Waals surface area contributed by atoms with Crippen molar-refractivity contribution in [1.82, 2.24) is 15.1 Å². The van der Waals surface area contributed by atoms with Gasteiger partial charge in [0.25, 0.3) is 0 Å². The molecular weight excluding hydrogens is 216 g/mol. The summed E-state index contributed by atoms with van der Waals surface area (Å²) in [5.41, 5.74) is 2.42. The lowest BCUT2D eigenvalue weighted by atomic mass is 9.88. The lowest BCUT2D eigenvalue weighted by molar-refractivity contribution is -0.123. The Morgan fingerprint density at radius 3 is 2.71 bits per heavy atom.